The van der Waals surface area contributed by atoms with Gasteiger partial charge in [-0.05, 0) is 31.4 Å². The van der Waals surface area contributed by atoms with Gasteiger partial charge < -0.3 is 14.5 Å². The minimum Gasteiger partial charge on any atom is -0.437 e. The molecule has 2 heterocycles. The summed E-state index contributed by atoms with van der Waals surface area (Å²) in [5, 5.41) is 0.739. The van der Waals surface area contributed by atoms with E-state index in [2.05, 4.69) is 20.6 Å². The highest BCUT2D eigenvalue weighted by Gasteiger charge is 2.40. The average Bonchev–Trinajstić information content (AvgIpc) is 3.15. The van der Waals surface area contributed by atoms with E-state index in [1.165, 1.54) is 4.90 Å². The van der Waals surface area contributed by atoms with Crippen LogP contribution < -0.4 is 4.90 Å². The van der Waals surface area contributed by atoms with Crippen molar-refractivity contribution in [3.05, 3.63) is 28.8 Å². The zero-order valence-corrected chi connectivity index (χ0v) is 16.6. The van der Waals surface area contributed by atoms with Crippen molar-refractivity contribution in [1.82, 2.24) is 9.80 Å². The average molecular weight is 420 g/mol. The second-order valence-electron chi connectivity index (χ2n) is 7.27. The molecule has 0 aromatic heterocycles. The minimum atomic E-state index is -4.55. The third-order valence-electron chi connectivity index (χ3n) is 5.26. The second kappa shape index (κ2) is 8.78. The molecule has 0 aliphatic carbocycles. The van der Waals surface area contributed by atoms with Crippen LogP contribution in [0.1, 0.15) is 25.3 Å². The first-order valence-electron chi connectivity index (χ1n) is 9.52. The van der Waals surface area contributed by atoms with Gasteiger partial charge in [0, 0.05) is 45.8 Å². The molecule has 5 nitrogen and oxygen atoms in total. The van der Waals surface area contributed by atoms with Crippen LogP contribution in [-0.4, -0.2) is 67.4 Å². The SMILES string of the molecule is CC(OC(=O)N1CCN(Cc2cccc(Cl)c2N2CCCC2)CC1)C(F)(F)F. The second-order valence-corrected chi connectivity index (χ2v) is 7.68. The monoisotopic (exact) mass is 419 g/mol. The summed E-state index contributed by atoms with van der Waals surface area (Å²) in [5.74, 6) is 0. The molecule has 1 amide bonds. The Kier molecular flexibility index (Phi) is 6.60. The molecule has 0 radical (unpaired) electrons. The molecule has 28 heavy (non-hydrogen) atoms. The van der Waals surface area contributed by atoms with Crippen LogP contribution >= 0.6 is 11.6 Å². The van der Waals surface area contributed by atoms with E-state index in [-0.39, 0.29) is 0 Å². The highest BCUT2D eigenvalue weighted by molar-refractivity contribution is 6.33. The molecule has 1 unspecified atom stereocenters. The Bertz CT molecular complexity index is 687. The van der Waals surface area contributed by atoms with Crippen LogP contribution in [0, 0.1) is 0 Å². The van der Waals surface area contributed by atoms with Gasteiger partial charge >= 0.3 is 12.3 Å². The predicted octanol–water partition coefficient (Wildman–Crippen LogP) is 4.15. The Morgan fingerprint density at radius 2 is 1.79 bits per heavy atom. The van der Waals surface area contributed by atoms with Gasteiger partial charge in [0.15, 0.2) is 6.10 Å². The van der Waals surface area contributed by atoms with Crippen molar-refractivity contribution >= 4 is 23.4 Å². The predicted molar refractivity (Wildman–Crippen MR) is 102 cm³/mol. The highest BCUT2D eigenvalue weighted by Crippen LogP contribution is 2.33. The van der Waals surface area contributed by atoms with E-state index in [1.807, 2.05) is 12.1 Å². The lowest BCUT2D eigenvalue weighted by atomic mass is 10.1. The molecule has 0 bridgehead atoms. The lowest BCUT2D eigenvalue weighted by Gasteiger charge is -2.35. The number of para-hydroxylation sites is 1. The number of nitrogens with zero attached hydrogens (tertiary/aromatic N) is 3. The Hall–Kier alpha value is -1.67. The number of halogens is 4. The summed E-state index contributed by atoms with van der Waals surface area (Å²) in [7, 11) is 0. The quantitative estimate of drug-likeness (QED) is 0.734. The third-order valence-corrected chi connectivity index (χ3v) is 5.56. The first-order valence-corrected chi connectivity index (χ1v) is 9.90. The summed E-state index contributed by atoms with van der Waals surface area (Å²) in [5.41, 5.74) is 2.21. The molecule has 1 aromatic carbocycles. The molecular formula is C19H25ClF3N3O2. The van der Waals surface area contributed by atoms with E-state index in [0.717, 1.165) is 49.1 Å². The molecule has 1 atom stereocenters. The van der Waals surface area contributed by atoms with Crippen LogP contribution in [-0.2, 0) is 11.3 Å². The molecule has 2 aliphatic rings. The van der Waals surface area contributed by atoms with Crippen LogP contribution in [0.2, 0.25) is 5.02 Å². The molecule has 2 fully saturated rings. The maximum atomic E-state index is 12.6. The molecule has 2 aliphatic heterocycles. The Morgan fingerprint density at radius 3 is 2.39 bits per heavy atom. The van der Waals surface area contributed by atoms with Gasteiger partial charge in [0.25, 0.3) is 0 Å². The van der Waals surface area contributed by atoms with E-state index in [0.29, 0.717) is 32.7 Å². The van der Waals surface area contributed by atoms with Crippen LogP contribution in [0.15, 0.2) is 18.2 Å². The van der Waals surface area contributed by atoms with Crippen molar-refractivity contribution in [2.24, 2.45) is 0 Å². The van der Waals surface area contributed by atoms with Crippen molar-refractivity contribution in [2.75, 3.05) is 44.2 Å². The minimum absolute atomic E-state index is 0.336. The van der Waals surface area contributed by atoms with Gasteiger partial charge in [-0.15, -0.1) is 0 Å². The van der Waals surface area contributed by atoms with Crippen molar-refractivity contribution in [2.45, 2.75) is 38.6 Å². The van der Waals surface area contributed by atoms with E-state index >= 15 is 0 Å². The molecule has 1 aromatic rings. The number of alkyl halides is 3. The number of piperazine rings is 1. The molecule has 156 valence electrons. The number of benzene rings is 1. The van der Waals surface area contributed by atoms with E-state index < -0.39 is 18.4 Å². The van der Waals surface area contributed by atoms with Gasteiger partial charge in [0.2, 0.25) is 0 Å². The molecule has 9 heteroatoms. The molecule has 2 saturated heterocycles. The lowest BCUT2D eigenvalue weighted by molar-refractivity contribution is -0.200. The molecule has 0 saturated carbocycles. The van der Waals surface area contributed by atoms with Gasteiger partial charge in [0.1, 0.15) is 0 Å². The maximum absolute atomic E-state index is 12.6. The van der Waals surface area contributed by atoms with Gasteiger partial charge in [0.05, 0.1) is 10.7 Å². The number of hydrogen-bond acceptors (Lipinski definition) is 4. The largest absolute Gasteiger partial charge is 0.437 e. The molecular weight excluding hydrogens is 395 g/mol. The molecule has 0 spiro atoms. The van der Waals surface area contributed by atoms with E-state index in [1.54, 1.807) is 0 Å². The summed E-state index contributed by atoms with van der Waals surface area (Å²) >= 11 is 6.46. The number of anilines is 1. The van der Waals surface area contributed by atoms with Crippen LogP contribution in [0.25, 0.3) is 0 Å². The number of amides is 1. The zero-order chi connectivity index (χ0) is 20.3. The fourth-order valence-corrected chi connectivity index (χ4v) is 3.92. The van der Waals surface area contributed by atoms with Crippen LogP contribution in [0.3, 0.4) is 0 Å². The standard InChI is InChI=1S/C19H25ClF3N3O2/c1-14(19(21,22)23)28-18(27)26-11-9-24(10-12-26)13-15-5-4-6-16(20)17(15)25-7-2-3-8-25/h4-6,14H,2-3,7-13H2,1H3. The third kappa shape index (κ3) is 5.03. The molecule has 0 N–H and O–H groups in total. The van der Waals surface area contributed by atoms with E-state index in [4.69, 9.17) is 11.6 Å². The van der Waals surface area contributed by atoms with Crippen LogP contribution in [0.4, 0.5) is 23.7 Å². The Morgan fingerprint density at radius 1 is 1.14 bits per heavy atom. The normalized spacial score (nSPS) is 19.8. The van der Waals surface area contributed by atoms with Crippen LogP contribution in [0.5, 0.6) is 0 Å². The first kappa shape index (κ1) is 21.0. The fourth-order valence-electron chi connectivity index (χ4n) is 3.60. The van der Waals surface area contributed by atoms with Gasteiger partial charge in [-0.2, -0.15) is 13.2 Å². The Balaban J connectivity index is 1.56. The fraction of sp³-hybridized carbons (Fsp3) is 0.632. The lowest BCUT2D eigenvalue weighted by Crippen LogP contribution is -2.49. The number of ether oxygens (including phenoxy) is 1. The van der Waals surface area contributed by atoms with Crippen molar-refractivity contribution in [3.63, 3.8) is 0 Å². The summed E-state index contributed by atoms with van der Waals surface area (Å²) in [4.78, 5) is 17.8. The number of hydrogen-bond donors (Lipinski definition) is 0. The number of carbonyl (C=O) groups excluding carboxylic acids is 1. The maximum Gasteiger partial charge on any atom is 0.425 e. The summed E-state index contributed by atoms with van der Waals surface area (Å²) in [6.07, 6.45) is -5.25. The smallest absolute Gasteiger partial charge is 0.425 e. The van der Waals surface area contributed by atoms with Gasteiger partial charge in [-0.1, -0.05) is 23.7 Å². The number of carbonyl (C=O) groups is 1. The summed E-state index contributed by atoms with van der Waals surface area (Å²) < 4.78 is 42.2. The van der Waals surface area contributed by atoms with Crippen molar-refractivity contribution in [3.8, 4) is 0 Å². The molecule has 3 rings (SSSR count). The van der Waals surface area contributed by atoms with Gasteiger partial charge in [-0.25, -0.2) is 4.79 Å². The first-order chi connectivity index (χ1) is 13.3. The Labute approximate surface area is 168 Å². The topological polar surface area (TPSA) is 36.0 Å². The van der Waals surface area contributed by atoms with Gasteiger partial charge in [-0.3, -0.25) is 4.90 Å². The number of rotatable bonds is 4. The van der Waals surface area contributed by atoms with Crippen molar-refractivity contribution < 1.29 is 22.7 Å². The summed E-state index contributed by atoms with van der Waals surface area (Å²) in [6.45, 7) is 5.33. The van der Waals surface area contributed by atoms with Crippen molar-refractivity contribution in [1.29, 1.82) is 0 Å². The van der Waals surface area contributed by atoms with E-state index in [9.17, 15) is 18.0 Å². The highest BCUT2D eigenvalue weighted by atomic mass is 35.5. The zero-order valence-electron chi connectivity index (χ0n) is 15.8. The summed E-state index contributed by atoms with van der Waals surface area (Å²) in [6, 6.07) is 5.89.